The lowest BCUT2D eigenvalue weighted by Crippen LogP contribution is -2.29. The van der Waals surface area contributed by atoms with Gasteiger partial charge in [-0.15, -0.1) is 29.3 Å². The third kappa shape index (κ3) is 6.12. The number of hydrogen-bond acceptors (Lipinski definition) is 9. The molecule has 1 fully saturated rings. The number of amides is 2. The summed E-state index contributed by atoms with van der Waals surface area (Å²) in [5, 5.41) is 17.5. The summed E-state index contributed by atoms with van der Waals surface area (Å²) in [6, 6.07) is 5.80. The molecule has 35 heavy (non-hydrogen) atoms. The molecule has 4 aromatic rings. The van der Waals surface area contributed by atoms with E-state index >= 15 is 0 Å². The molecule has 0 aliphatic carbocycles. The van der Waals surface area contributed by atoms with Crippen LogP contribution in [0.25, 0.3) is 5.52 Å². The number of primary amides is 1. The van der Waals surface area contributed by atoms with E-state index in [0.29, 0.717) is 35.2 Å². The molecule has 5 rings (SSSR count). The summed E-state index contributed by atoms with van der Waals surface area (Å²) in [5.74, 6) is 1.23. The van der Waals surface area contributed by atoms with E-state index in [1.807, 2.05) is 25.3 Å². The summed E-state index contributed by atoms with van der Waals surface area (Å²) in [7, 11) is 0. The first-order chi connectivity index (χ1) is 16.9. The maximum absolute atomic E-state index is 11.2. The van der Waals surface area contributed by atoms with Gasteiger partial charge in [0.15, 0.2) is 16.8 Å². The van der Waals surface area contributed by atoms with Crippen molar-refractivity contribution in [3.63, 3.8) is 0 Å². The van der Waals surface area contributed by atoms with Crippen LogP contribution in [0.1, 0.15) is 35.1 Å². The van der Waals surface area contributed by atoms with Gasteiger partial charge in [-0.25, -0.2) is 9.50 Å². The van der Waals surface area contributed by atoms with Gasteiger partial charge in [0.2, 0.25) is 12.4 Å². The van der Waals surface area contributed by atoms with Crippen LogP contribution >= 0.6 is 11.3 Å². The number of thiazole rings is 1. The number of anilines is 4. The Morgan fingerprint density at radius 1 is 1.40 bits per heavy atom. The maximum atomic E-state index is 11.2. The Labute approximate surface area is 206 Å². The van der Waals surface area contributed by atoms with E-state index in [2.05, 4.69) is 60.6 Å². The Hall–Kier alpha value is -4.44. The van der Waals surface area contributed by atoms with Gasteiger partial charge in [-0.1, -0.05) is 0 Å². The first kappa shape index (κ1) is 25.2. The molecule has 182 valence electrons. The zero-order chi connectivity index (χ0) is 25.4. The van der Waals surface area contributed by atoms with Crippen molar-refractivity contribution in [2.45, 2.75) is 32.7 Å². The lowest BCUT2D eigenvalue weighted by molar-refractivity contribution is -0.105. The average Bonchev–Trinajstić information content (AvgIpc) is 3.64. The first-order valence-corrected chi connectivity index (χ1v) is 11.5. The number of carbonyl (C=O) groups is 2. The molecule has 0 aromatic carbocycles. The Morgan fingerprint density at radius 2 is 2.20 bits per heavy atom. The van der Waals surface area contributed by atoms with Gasteiger partial charge in [-0.2, -0.15) is 10.1 Å². The molecule has 2 amide bonds. The molecule has 0 bridgehead atoms. The molecule has 1 saturated heterocycles. The number of rotatable bonds is 6. The zero-order valence-electron chi connectivity index (χ0n) is 19.3. The van der Waals surface area contributed by atoms with Crippen molar-refractivity contribution in [2.75, 3.05) is 22.1 Å². The zero-order valence-corrected chi connectivity index (χ0v) is 20.1. The van der Waals surface area contributed by atoms with E-state index in [1.165, 1.54) is 11.3 Å². The molecule has 13 heteroatoms. The van der Waals surface area contributed by atoms with Crippen molar-refractivity contribution in [1.29, 1.82) is 0 Å². The van der Waals surface area contributed by atoms with Gasteiger partial charge in [0.25, 0.3) is 5.91 Å². The highest BCUT2D eigenvalue weighted by Crippen LogP contribution is 2.26. The molecule has 1 atom stereocenters. The van der Waals surface area contributed by atoms with Gasteiger partial charge in [-0.3, -0.25) is 14.7 Å². The number of fused-ring (bicyclic) bond motifs is 1. The summed E-state index contributed by atoms with van der Waals surface area (Å²) in [5.41, 5.74) is 6.31. The van der Waals surface area contributed by atoms with Crippen molar-refractivity contribution < 1.29 is 9.59 Å². The van der Waals surface area contributed by atoms with Crippen molar-refractivity contribution >= 4 is 51.9 Å². The number of hydrogen-bond donors (Lipinski definition) is 4. The van der Waals surface area contributed by atoms with Crippen molar-refractivity contribution in [3.05, 3.63) is 41.2 Å². The number of nitrogens with zero attached hydrogens (tertiary/aromatic N) is 6. The van der Waals surface area contributed by atoms with E-state index in [0.717, 1.165) is 29.8 Å². The minimum atomic E-state index is -0.558. The lowest BCUT2D eigenvalue weighted by Gasteiger charge is -2.21. The van der Waals surface area contributed by atoms with Crippen LogP contribution in [0.4, 0.5) is 22.7 Å². The van der Waals surface area contributed by atoms with Crippen LogP contribution in [0.3, 0.4) is 0 Å². The Bertz CT molecular complexity index is 1310. The van der Waals surface area contributed by atoms with Gasteiger partial charge in [0.05, 0.1) is 0 Å². The number of aryl methyl sites for hydroxylation is 1. The minimum Gasteiger partial charge on any atom is -0.364 e. The fraction of sp³-hybridized carbons (Fsp3) is 0.273. The number of nitrogens with one attached hydrogen (secondary N) is 3. The van der Waals surface area contributed by atoms with Crippen LogP contribution < -0.4 is 21.3 Å². The van der Waals surface area contributed by atoms with Crippen LogP contribution in [-0.4, -0.2) is 54.7 Å². The highest BCUT2D eigenvalue weighted by atomic mass is 32.1. The van der Waals surface area contributed by atoms with Crippen molar-refractivity contribution in [1.82, 2.24) is 29.8 Å². The van der Waals surface area contributed by atoms with Gasteiger partial charge in [0.1, 0.15) is 11.2 Å². The van der Waals surface area contributed by atoms with Crippen LogP contribution in [0.15, 0.2) is 30.6 Å². The van der Waals surface area contributed by atoms with Crippen molar-refractivity contribution in [2.24, 2.45) is 5.73 Å². The third-order valence-electron chi connectivity index (χ3n) is 5.08. The van der Waals surface area contributed by atoms with E-state index in [-0.39, 0.29) is 5.69 Å². The number of carbonyl (C=O) groups excluding carboxylic acids is 2. The summed E-state index contributed by atoms with van der Waals surface area (Å²) in [6.07, 6.45) is 14.5. The quantitative estimate of drug-likeness (QED) is 0.235. The highest BCUT2D eigenvalue weighted by molar-refractivity contribution is 7.15. The molecular weight excluding hydrogens is 468 g/mol. The monoisotopic (exact) mass is 494 g/mol. The fourth-order valence-electron chi connectivity index (χ4n) is 3.47. The third-order valence-corrected chi connectivity index (χ3v) is 5.93. The number of terminal acetylenes is 1. The number of nitrogens with two attached hydrogens (primary N) is 1. The molecule has 1 aliphatic rings. The van der Waals surface area contributed by atoms with E-state index in [9.17, 15) is 9.59 Å². The normalized spacial score (nSPS) is 14.4. The van der Waals surface area contributed by atoms with Crippen LogP contribution in [0.2, 0.25) is 0 Å². The molecule has 5 N–H and O–H groups in total. The molecule has 12 nitrogen and oxygen atoms in total. The molecule has 0 saturated carbocycles. The van der Waals surface area contributed by atoms with E-state index in [1.54, 1.807) is 16.8 Å². The first-order valence-electron chi connectivity index (χ1n) is 10.6. The second-order valence-electron chi connectivity index (χ2n) is 7.48. The molecule has 0 spiro atoms. The lowest BCUT2D eigenvalue weighted by atomic mass is 10.2. The topological polar surface area (TPSA) is 159 Å². The smallest absolute Gasteiger partial charge is 0.266 e. The van der Waals surface area contributed by atoms with Crippen molar-refractivity contribution in [3.8, 4) is 12.8 Å². The van der Waals surface area contributed by atoms with Gasteiger partial charge >= 0.3 is 0 Å². The van der Waals surface area contributed by atoms with E-state index in [4.69, 9.17) is 5.73 Å². The standard InChI is InChI=1S/C15H18N8O.C5H6N2OS.C2H2/c1-9-4-2-6-22(9)15-18-14(11-5-3-7-23(11)21-15)17-12-8-10(13(16)24)19-20-12;1-4-2-6-5(9-4)7-3-8;1-2/h3,5,7-9H,2,4,6H2,1H3,(H2,16,24)(H2,17,18,19,20,21);2-3H,1H3,(H,6,7,8);1-2H/t9-;;/m0../s1. The van der Waals surface area contributed by atoms with E-state index < -0.39 is 5.91 Å². The van der Waals surface area contributed by atoms with Gasteiger partial charge < -0.3 is 21.3 Å². The van der Waals surface area contributed by atoms with Crippen LogP contribution in [0, 0.1) is 19.8 Å². The Kier molecular flexibility index (Phi) is 8.36. The summed E-state index contributed by atoms with van der Waals surface area (Å²) < 4.78 is 1.79. The molecule has 0 unspecified atom stereocenters. The molecule has 0 radical (unpaired) electrons. The predicted octanol–water partition coefficient (Wildman–Crippen LogP) is 2.55. The van der Waals surface area contributed by atoms with Gasteiger partial charge in [0, 0.05) is 35.9 Å². The molecule has 1 aliphatic heterocycles. The van der Waals surface area contributed by atoms with Crippen LogP contribution in [-0.2, 0) is 4.79 Å². The maximum Gasteiger partial charge on any atom is 0.266 e. The SMILES string of the molecule is C#C.C[C@H]1CCCN1c1nc(Nc2cc(C(N)=O)[nH]n2)c2cccn2n1.Cc1cnc(NC=O)s1. The second kappa shape index (κ2) is 11.6. The number of aromatic amines is 1. The molecular formula is C22H26N10O2S. The Balaban J connectivity index is 0.000000262. The Morgan fingerprint density at radius 3 is 2.80 bits per heavy atom. The number of H-pyrrole nitrogens is 1. The fourth-order valence-corrected chi connectivity index (χ4v) is 4.10. The second-order valence-corrected chi connectivity index (χ2v) is 8.71. The minimum absolute atomic E-state index is 0.242. The predicted molar refractivity (Wildman–Crippen MR) is 136 cm³/mol. The molecule has 4 aromatic heterocycles. The highest BCUT2D eigenvalue weighted by Gasteiger charge is 2.24. The average molecular weight is 495 g/mol. The van der Waals surface area contributed by atoms with Gasteiger partial charge in [-0.05, 0) is 38.8 Å². The molecule has 5 heterocycles. The summed E-state index contributed by atoms with van der Waals surface area (Å²) >= 11 is 1.46. The summed E-state index contributed by atoms with van der Waals surface area (Å²) in [4.78, 5) is 32.9. The largest absolute Gasteiger partial charge is 0.364 e. The number of aromatic nitrogens is 6. The summed E-state index contributed by atoms with van der Waals surface area (Å²) in [6.45, 7) is 5.06. The van der Waals surface area contributed by atoms with Crippen LogP contribution in [0.5, 0.6) is 0 Å².